The number of nitrogens with one attached hydrogen (secondary N) is 1. The first-order chi connectivity index (χ1) is 9.13. The number of aromatic nitrogens is 2. The minimum Gasteiger partial charge on any atom is -0.495 e. The van der Waals surface area contributed by atoms with Crippen molar-refractivity contribution in [2.24, 2.45) is 7.05 Å². The molecule has 0 aliphatic heterocycles. The average Bonchev–Trinajstić information content (AvgIpc) is 2.78. The van der Waals surface area contributed by atoms with Gasteiger partial charge < -0.3 is 15.2 Å². The molecule has 1 heterocycles. The maximum Gasteiger partial charge on any atom is 0.339 e. The highest BCUT2D eigenvalue weighted by molar-refractivity contribution is 5.88. The number of para-hydroxylation sites is 2. The van der Waals surface area contributed by atoms with Crippen molar-refractivity contribution in [2.45, 2.75) is 6.54 Å². The van der Waals surface area contributed by atoms with Gasteiger partial charge >= 0.3 is 5.97 Å². The highest BCUT2D eigenvalue weighted by Crippen LogP contribution is 2.23. The second-order valence-electron chi connectivity index (χ2n) is 3.99. The Balaban J connectivity index is 2.19. The molecule has 1 aromatic heterocycles. The summed E-state index contributed by atoms with van der Waals surface area (Å²) in [4.78, 5) is 11.1. The van der Waals surface area contributed by atoms with Gasteiger partial charge in [-0.05, 0) is 12.1 Å². The Morgan fingerprint density at radius 3 is 2.89 bits per heavy atom. The zero-order valence-electron chi connectivity index (χ0n) is 10.8. The monoisotopic (exact) mass is 261 g/mol. The number of carbonyl (C=O) groups is 1. The molecule has 6 nitrogen and oxygen atoms in total. The molecule has 2 aromatic rings. The standard InChI is InChI=1S/C13H15N3O3/c1-16-11(9(7-15-16)13(17)18)8-14-10-5-3-4-6-12(10)19-2/h3-7,14H,8H2,1-2H3,(H,17,18). The van der Waals surface area contributed by atoms with Crippen molar-refractivity contribution >= 4 is 11.7 Å². The van der Waals surface area contributed by atoms with Crippen molar-refractivity contribution in [2.75, 3.05) is 12.4 Å². The molecule has 0 fully saturated rings. The zero-order valence-corrected chi connectivity index (χ0v) is 10.8. The van der Waals surface area contributed by atoms with Crippen LogP contribution in [0.25, 0.3) is 0 Å². The van der Waals surface area contributed by atoms with Crippen LogP contribution < -0.4 is 10.1 Å². The molecule has 0 atom stereocenters. The average molecular weight is 261 g/mol. The fraction of sp³-hybridized carbons (Fsp3) is 0.231. The lowest BCUT2D eigenvalue weighted by Crippen LogP contribution is -2.10. The number of anilines is 1. The molecule has 0 amide bonds. The smallest absolute Gasteiger partial charge is 0.339 e. The number of ether oxygens (including phenoxy) is 1. The van der Waals surface area contributed by atoms with Gasteiger partial charge in [0.2, 0.25) is 0 Å². The first-order valence-corrected chi connectivity index (χ1v) is 5.74. The molecule has 2 N–H and O–H groups in total. The van der Waals surface area contributed by atoms with Gasteiger partial charge in [0.25, 0.3) is 0 Å². The molecule has 0 bridgehead atoms. The van der Waals surface area contributed by atoms with Gasteiger partial charge in [-0.2, -0.15) is 5.10 Å². The highest BCUT2D eigenvalue weighted by Gasteiger charge is 2.15. The van der Waals surface area contributed by atoms with Crippen LogP contribution >= 0.6 is 0 Å². The summed E-state index contributed by atoms with van der Waals surface area (Å²) in [5.41, 5.74) is 1.62. The van der Waals surface area contributed by atoms with E-state index in [0.29, 0.717) is 18.0 Å². The van der Waals surface area contributed by atoms with Gasteiger partial charge in [-0.25, -0.2) is 4.79 Å². The van der Waals surface area contributed by atoms with Crippen molar-refractivity contribution in [1.82, 2.24) is 9.78 Å². The van der Waals surface area contributed by atoms with E-state index in [1.54, 1.807) is 18.8 Å². The summed E-state index contributed by atoms with van der Waals surface area (Å²) < 4.78 is 6.77. The largest absolute Gasteiger partial charge is 0.495 e. The fourth-order valence-electron chi connectivity index (χ4n) is 1.82. The Kier molecular flexibility index (Phi) is 3.70. The van der Waals surface area contributed by atoms with Crippen LogP contribution in [0.1, 0.15) is 16.1 Å². The van der Waals surface area contributed by atoms with Crippen LogP contribution in [-0.4, -0.2) is 28.0 Å². The van der Waals surface area contributed by atoms with Gasteiger partial charge in [0.1, 0.15) is 11.3 Å². The van der Waals surface area contributed by atoms with E-state index in [1.807, 2.05) is 24.3 Å². The number of hydrogen-bond acceptors (Lipinski definition) is 4. The first kappa shape index (κ1) is 12.9. The Bertz CT molecular complexity index is 593. The van der Waals surface area contributed by atoms with E-state index in [2.05, 4.69) is 10.4 Å². The van der Waals surface area contributed by atoms with Gasteiger partial charge in [-0.15, -0.1) is 0 Å². The van der Waals surface area contributed by atoms with Crippen LogP contribution in [0, 0.1) is 0 Å². The van der Waals surface area contributed by atoms with Crippen molar-refractivity contribution in [3.05, 3.63) is 41.7 Å². The van der Waals surface area contributed by atoms with E-state index >= 15 is 0 Å². The maximum atomic E-state index is 11.1. The molecule has 0 radical (unpaired) electrons. The SMILES string of the molecule is COc1ccccc1NCc1c(C(=O)O)cnn1C. The Hall–Kier alpha value is -2.50. The number of nitrogens with zero attached hydrogens (tertiary/aromatic N) is 2. The molecule has 0 spiro atoms. The minimum absolute atomic E-state index is 0.199. The van der Waals surface area contributed by atoms with Crippen molar-refractivity contribution < 1.29 is 14.6 Å². The van der Waals surface area contributed by atoms with Crippen LogP contribution in [0.2, 0.25) is 0 Å². The summed E-state index contributed by atoms with van der Waals surface area (Å²) in [5.74, 6) is -0.272. The summed E-state index contributed by atoms with van der Waals surface area (Å²) in [5, 5.41) is 16.2. The third kappa shape index (κ3) is 2.67. The number of hydrogen-bond donors (Lipinski definition) is 2. The lowest BCUT2D eigenvalue weighted by molar-refractivity contribution is 0.0695. The summed E-state index contributed by atoms with van der Waals surface area (Å²) in [6.07, 6.45) is 1.35. The van der Waals surface area contributed by atoms with Gasteiger partial charge in [-0.3, -0.25) is 4.68 Å². The van der Waals surface area contributed by atoms with Gasteiger partial charge in [0.05, 0.1) is 31.2 Å². The van der Waals surface area contributed by atoms with E-state index in [-0.39, 0.29) is 5.56 Å². The predicted molar refractivity (Wildman–Crippen MR) is 70.5 cm³/mol. The second kappa shape index (κ2) is 5.43. The van der Waals surface area contributed by atoms with Crippen LogP contribution in [0.5, 0.6) is 5.75 Å². The summed E-state index contributed by atoms with van der Waals surface area (Å²) >= 11 is 0. The molecule has 1 aromatic carbocycles. The number of aryl methyl sites for hydroxylation is 1. The van der Waals surface area contributed by atoms with E-state index < -0.39 is 5.97 Å². The molecule has 0 aliphatic rings. The molecule has 19 heavy (non-hydrogen) atoms. The Labute approximate surface area is 110 Å². The Morgan fingerprint density at radius 1 is 1.47 bits per heavy atom. The molecule has 100 valence electrons. The van der Waals surface area contributed by atoms with E-state index in [0.717, 1.165) is 5.69 Å². The normalized spacial score (nSPS) is 10.2. The number of methoxy groups -OCH3 is 1. The zero-order chi connectivity index (χ0) is 13.8. The third-order valence-electron chi connectivity index (χ3n) is 2.85. The first-order valence-electron chi connectivity index (χ1n) is 5.74. The molecule has 2 rings (SSSR count). The summed E-state index contributed by atoms with van der Waals surface area (Å²) in [6, 6.07) is 7.46. The van der Waals surface area contributed by atoms with Gasteiger partial charge in [0.15, 0.2) is 0 Å². The van der Waals surface area contributed by atoms with E-state index in [9.17, 15) is 4.79 Å². The fourth-order valence-corrected chi connectivity index (χ4v) is 1.82. The molecular formula is C13H15N3O3. The summed E-state index contributed by atoms with van der Waals surface area (Å²) in [7, 11) is 3.30. The van der Waals surface area contributed by atoms with Crippen LogP contribution in [0.3, 0.4) is 0 Å². The lowest BCUT2D eigenvalue weighted by Gasteiger charge is -2.11. The number of aromatic carboxylic acids is 1. The number of carboxylic acids is 1. The maximum absolute atomic E-state index is 11.1. The summed E-state index contributed by atoms with van der Waals surface area (Å²) in [6.45, 7) is 0.360. The van der Waals surface area contributed by atoms with Crippen molar-refractivity contribution in [1.29, 1.82) is 0 Å². The van der Waals surface area contributed by atoms with Crippen LogP contribution in [-0.2, 0) is 13.6 Å². The molecular weight excluding hydrogens is 246 g/mol. The Morgan fingerprint density at radius 2 is 2.21 bits per heavy atom. The number of carboxylic acid groups (broad SMARTS) is 1. The van der Waals surface area contributed by atoms with Crippen molar-refractivity contribution in [3.8, 4) is 5.75 Å². The number of rotatable bonds is 5. The lowest BCUT2D eigenvalue weighted by atomic mass is 10.2. The molecule has 0 saturated carbocycles. The number of benzene rings is 1. The highest BCUT2D eigenvalue weighted by atomic mass is 16.5. The predicted octanol–water partition coefficient (Wildman–Crippen LogP) is 1.74. The van der Waals surface area contributed by atoms with Crippen LogP contribution in [0.4, 0.5) is 5.69 Å². The molecule has 0 unspecified atom stereocenters. The molecule has 0 saturated heterocycles. The van der Waals surface area contributed by atoms with Crippen molar-refractivity contribution in [3.63, 3.8) is 0 Å². The molecule has 0 aliphatic carbocycles. The minimum atomic E-state index is -0.982. The topological polar surface area (TPSA) is 76.4 Å². The van der Waals surface area contributed by atoms with Crippen LogP contribution in [0.15, 0.2) is 30.5 Å². The second-order valence-corrected chi connectivity index (χ2v) is 3.99. The van der Waals surface area contributed by atoms with E-state index in [1.165, 1.54) is 6.20 Å². The third-order valence-corrected chi connectivity index (χ3v) is 2.85. The van der Waals surface area contributed by atoms with Gasteiger partial charge in [0, 0.05) is 7.05 Å². The van der Waals surface area contributed by atoms with Gasteiger partial charge in [-0.1, -0.05) is 12.1 Å². The van der Waals surface area contributed by atoms with E-state index in [4.69, 9.17) is 9.84 Å². The molecule has 6 heteroatoms. The quantitative estimate of drug-likeness (QED) is 0.857.